The van der Waals surface area contributed by atoms with Gasteiger partial charge in [0.15, 0.2) is 0 Å². The van der Waals surface area contributed by atoms with Crippen molar-refractivity contribution in [2.75, 3.05) is 5.73 Å². The Labute approximate surface area is 118 Å². The predicted octanol–water partition coefficient (Wildman–Crippen LogP) is 4.37. The molecule has 0 saturated carbocycles. The van der Waals surface area contributed by atoms with Crippen LogP contribution in [0.5, 0.6) is 0 Å². The second-order valence-electron chi connectivity index (χ2n) is 3.47. The van der Waals surface area contributed by atoms with Gasteiger partial charge in [-0.3, -0.25) is 0 Å². The lowest BCUT2D eigenvalue weighted by atomic mass is 10.2. The largest absolute Gasteiger partial charge is 0.399 e. The zero-order valence-corrected chi connectivity index (χ0v) is 12.0. The van der Waals surface area contributed by atoms with Crippen LogP contribution >= 0.6 is 39.3 Å². The highest BCUT2D eigenvalue weighted by Crippen LogP contribution is 2.28. The van der Waals surface area contributed by atoms with Gasteiger partial charge in [-0.15, -0.1) is 11.8 Å². The predicted molar refractivity (Wildman–Crippen MR) is 77.4 cm³/mol. The van der Waals surface area contributed by atoms with E-state index in [4.69, 9.17) is 17.3 Å². The van der Waals surface area contributed by atoms with Gasteiger partial charge in [-0.1, -0.05) is 27.5 Å². The molecule has 0 spiro atoms. The van der Waals surface area contributed by atoms with E-state index < -0.39 is 0 Å². The van der Waals surface area contributed by atoms with Gasteiger partial charge in [0.2, 0.25) is 0 Å². The average molecular weight is 330 g/mol. The number of benzene rings is 1. The van der Waals surface area contributed by atoms with E-state index in [0.29, 0.717) is 5.02 Å². The molecule has 0 aliphatic rings. The maximum absolute atomic E-state index is 6.04. The molecule has 0 fully saturated rings. The van der Waals surface area contributed by atoms with Gasteiger partial charge in [-0.25, -0.2) is 4.98 Å². The summed E-state index contributed by atoms with van der Waals surface area (Å²) in [4.78, 5) is 4.23. The molecule has 17 heavy (non-hydrogen) atoms. The van der Waals surface area contributed by atoms with Crippen LogP contribution < -0.4 is 5.73 Å². The Kier molecular flexibility index (Phi) is 4.31. The molecule has 0 saturated heterocycles. The van der Waals surface area contributed by atoms with Crippen molar-refractivity contribution in [1.29, 1.82) is 0 Å². The second-order valence-corrected chi connectivity index (χ2v) is 5.76. The number of nitrogen functional groups attached to an aromatic ring is 1. The van der Waals surface area contributed by atoms with Crippen LogP contribution in [0.15, 0.2) is 46.0 Å². The first-order valence-corrected chi connectivity index (χ1v) is 7.09. The van der Waals surface area contributed by atoms with Crippen LogP contribution in [0.2, 0.25) is 5.02 Å². The fourth-order valence-electron chi connectivity index (χ4n) is 1.39. The van der Waals surface area contributed by atoms with Crippen molar-refractivity contribution in [2.24, 2.45) is 0 Å². The Morgan fingerprint density at radius 2 is 2.18 bits per heavy atom. The molecule has 0 radical (unpaired) electrons. The van der Waals surface area contributed by atoms with Crippen molar-refractivity contribution >= 4 is 45.0 Å². The summed E-state index contributed by atoms with van der Waals surface area (Å²) >= 11 is 11.1. The number of rotatable bonds is 3. The molecule has 1 aromatic carbocycles. The summed E-state index contributed by atoms with van der Waals surface area (Å²) in [6.07, 6.45) is 1.74. The number of anilines is 1. The Bertz CT molecular complexity index is 513. The normalized spacial score (nSPS) is 10.5. The van der Waals surface area contributed by atoms with Gasteiger partial charge in [0, 0.05) is 22.1 Å². The van der Waals surface area contributed by atoms with E-state index in [2.05, 4.69) is 20.9 Å². The first-order chi connectivity index (χ1) is 8.15. The Balaban J connectivity index is 2.10. The summed E-state index contributed by atoms with van der Waals surface area (Å²) in [6, 6.07) is 9.53. The van der Waals surface area contributed by atoms with Crippen LogP contribution in [-0.2, 0) is 5.75 Å². The first kappa shape index (κ1) is 12.7. The van der Waals surface area contributed by atoms with E-state index in [1.807, 2.05) is 30.3 Å². The second kappa shape index (κ2) is 5.76. The van der Waals surface area contributed by atoms with Crippen molar-refractivity contribution in [3.63, 3.8) is 0 Å². The van der Waals surface area contributed by atoms with Gasteiger partial charge in [-0.05, 0) is 35.9 Å². The average Bonchev–Trinajstić information content (AvgIpc) is 2.27. The Morgan fingerprint density at radius 3 is 2.88 bits per heavy atom. The van der Waals surface area contributed by atoms with Crippen molar-refractivity contribution in [3.8, 4) is 0 Å². The molecule has 0 amide bonds. The summed E-state index contributed by atoms with van der Waals surface area (Å²) in [5.74, 6) is 0.792. The van der Waals surface area contributed by atoms with Crippen molar-refractivity contribution in [2.45, 2.75) is 10.8 Å². The smallest absolute Gasteiger partial charge is 0.115 e. The number of nitrogens with zero attached hydrogens (tertiary/aromatic N) is 1. The zero-order chi connectivity index (χ0) is 12.3. The maximum Gasteiger partial charge on any atom is 0.115 e. The number of aromatic nitrogens is 1. The molecular formula is C12H10BrClN2S. The highest BCUT2D eigenvalue weighted by molar-refractivity contribution is 9.10. The Hall–Kier alpha value is -0.710. The number of hydrogen-bond donors (Lipinski definition) is 1. The molecule has 2 N–H and O–H groups in total. The lowest BCUT2D eigenvalue weighted by molar-refractivity contribution is 1.13. The minimum absolute atomic E-state index is 0.681. The molecule has 1 heterocycles. The van der Waals surface area contributed by atoms with Crippen LogP contribution in [0.1, 0.15) is 5.56 Å². The lowest BCUT2D eigenvalue weighted by Gasteiger charge is -2.05. The number of halogens is 2. The molecule has 2 rings (SSSR count). The third-order valence-electron chi connectivity index (χ3n) is 2.08. The summed E-state index contributed by atoms with van der Waals surface area (Å²) < 4.78 is 0.986. The molecule has 2 nitrogen and oxygen atoms in total. The number of nitrogens with two attached hydrogens (primary N) is 1. The lowest BCUT2D eigenvalue weighted by Crippen LogP contribution is -1.89. The highest BCUT2D eigenvalue weighted by Gasteiger charge is 2.03. The highest BCUT2D eigenvalue weighted by atomic mass is 79.9. The minimum atomic E-state index is 0.681. The van der Waals surface area contributed by atoms with Crippen LogP contribution in [-0.4, -0.2) is 4.98 Å². The molecule has 0 bridgehead atoms. The minimum Gasteiger partial charge on any atom is -0.399 e. The van der Waals surface area contributed by atoms with Crippen molar-refractivity contribution < 1.29 is 0 Å². The van der Waals surface area contributed by atoms with Gasteiger partial charge in [0.05, 0.1) is 5.02 Å². The third-order valence-corrected chi connectivity index (χ3v) is 4.03. The van der Waals surface area contributed by atoms with Crippen molar-refractivity contribution in [3.05, 3.63) is 51.6 Å². The molecule has 5 heteroatoms. The standard InChI is InChI=1S/C12H10BrClN2S/c13-9-4-8(5-10(15)6-9)7-17-12-11(14)2-1-3-16-12/h1-6H,7,15H2. The SMILES string of the molecule is Nc1cc(Br)cc(CSc2ncccc2Cl)c1. The van der Waals surface area contributed by atoms with Gasteiger partial charge in [-0.2, -0.15) is 0 Å². The molecule has 88 valence electrons. The molecular weight excluding hydrogens is 320 g/mol. The first-order valence-electron chi connectivity index (χ1n) is 4.93. The molecule has 2 aromatic rings. The summed E-state index contributed by atoms with van der Waals surface area (Å²) in [7, 11) is 0. The fourth-order valence-corrected chi connectivity index (χ4v) is 3.04. The quantitative estimate of drug-likeness (QED) is 0.671. The van der Waals surface area contributed by atoms with E-state index in [0.717, 1.165) is 26.5 Å². The van der Waals surface area contributed by atoms with E-state index in [1.165, 1.54) is 0 Å². The Morgan fingerprint density at radius 1 is 1.35 bits per heavy atom. The van der Waals surface area contributed by atoms with E-state index in [1.54, 1.807) is 18.0 Å². The third kappa shape index (κ3) is 3.63. The summed E-state index contributed by atoms with van der Waals surface area (Å²) in [6.45, 7) is 0. The van der Waals surface area contributed by atoms with Crippen molar-refractivity contribution in [1.82, 2.24) is 4.98 Å². The number of thioether (sulfide) groups is 1. The van der Waals surface area contributed by atoms with E-state index in [-0.39, 0.29) is 0 Å². The maximum atomic E-state index is 6.04. The fraction of sp³-hybridized carbons (Fsp3) is 0.0833. The molecule has 0 aliphatic carbocycles. The van der Waals surface area contributed by atoms with Gasteiger partial charge < -0.3 is 5.73 Å². The topological polar surface area (TPSA) is 38.9 Å². The van der Waals surface area contributed by atoms with Crippen LogP contribution in [0.3, 0.4) is 0 Å². The van der Waals surface area contributed by atoms with E-state index >= 15 is 0 Å². The van der Waals surface area contributed by atoms with Gasteiger partial charge in [0.1, 0.15) is 5.03 Å². The number of pyridine rings is 1. The summed E-state index contributed by atoms with van der Waals surface area (Å²) in [5.41, 5.74) is 7.67. The van der Waals surface area contributed by atoms with Crippen LogP contribution in [0.4, 0.5) is 5.69 Å². The van der Waals surface area contributed by atoms with Gasteiger partial charge in [0.25, 0.3) is 0 Å². The van der Waals surface area contributed by atoms with Gasteiger partial charge >= 0.3 is 0 Å². The van der Waals surface area contributed by atoms with E-state index in [9.17, 15) is 0 Å². The molecule has 0 aliphatic heterocycles. The van der Waals surface area contributed by atoms with Crippen LogP contribution in [0, 0.1) is 0 Å². The number of hydrogen-bond acceptors (Lipinski definition) is 3. The molecule has 1 aromatic heterocycles. The zero-order valence-electron chi connectivity index (χ0n) is 8.86. The molecule has 0 atom stereocenters. The molecule has 0 unspecified atom stereocenters. The monoisotopic (exact) mass is 328 g/mol. The summed E-state index contributed by atoms with van der Waals surface area (Å²) in [5, 5.41) is 1.52. The van der Waals surface area contributed by atoms with Crippen LogP contribution in [0.25, 0.3) is 0 Å².